The maximum absolute atomic E-state index is 11.5. The van der Waals surface area contributed by atoms with Crippen LogP contribution in [0.3, 0.4) is 0 Å². The van der Waals surface area contributed by atoms with Crippen molar-refractivity contribution in [2.75, 3.05) is 7.11 Å². The summed E-state index contributed by atoms with van der Waals surface area (Å²) in [7, 11) is 1.58. The molecule has 0 amide bonds. The van der Waals surface area contributed by atoms with Gasteiger partial charge in [0.2, 0.25) is 5.88 Å². The van der Waals surface area contributed by atoms with Gasteiger partial charge in [-0.05, 0) is 46.9 Å². The van der Waals surface area contributed by atoms with E-state index in [9.17, 15) is 9.90 Å². The molecule has 0 aliphatic heterocycles. The number of nitrogens with zero attached hydrogens (tertiary/aromatic N) is 1. The van der Waals surface area contributed by atoms with E-state index in [1.54, 1.807) is 54.0 Å². The van der Waals surface area contributed by atoms with Gasteiger partial charge in [-0.1, -0.05) is 0 Å². The first-order valence-electron chi connectivity index (χ1n) is 4.75. The Morgan fingerprint density at radius 3 is 2.53 bits per heavy atom. The third-order valence-electron chi connectivity index (χ3n) is 2.21. The second-order valence-corrected chi connectivity index (χ2v) is 4.36. The molecule has 1 heterocycles. The number of rotatable bonds is 2. The molecule has 5 nitrogen and oxygen atoms in total. The fourth-order valence-electron chi connectivity index (χ4n) is 1.33. The zero-order chi connectivity index (χ0) is 12.4. The Hall–Kier alpha value is -1.57. The molecule has 88 valence electrons. The van der Waals surface area contributed by atoms with Crippen molar-refractivity contribution in [3.05, 3.63) is 38.2 Å². The first-order valence-corrected chi connectivity index (χ1v) is 5.83. The number of benzene rings is 1. The minimum absolute atomic E-state index is 0.180. The minimum Gasteiger partial charge on any atom is -0.497 e. The molecule has 0 radical (unpaired) electrons. The number of aromatic hydroxyl groups is 1. The molecular weight excluding hydrogens is 335 g/mol. The van der Waals surface area contributed by atoms with Crippen molar-refractivity contribution in [3.8, 4) is 23.0 Å². The van der Waals surface area contributed by atoms with Gasteiger partial charge < -0.3 is 14.8 Å². The molecule has 0 saturated carbocycles. The largest absolute Gasteiger partial charge is 0.497 e. The number of methoxy groups -OCH3 is 1. The maximum Gasteiger partial charge on any atom is 0.268 e. The van der Waals surface area contributed by atoms with Crippen LogP contribution in [-0.2, 0) is 0 Å². The molecular formula is C11H9IN2O3. The summed E-state index contributed by atoms with van der Waals surface area (Å²) >= 11 is 1.74. The van der Waals surface area contributed by atoms with Crippen LogP contribution in [0.4, 0.5) is 0 Å². The molecule has 2 rings (SSSR count). The normalized spacial score (nSPS) is 10.2. The van der Waals surface area contributed by atoms with E-state index in [2.05, 4.69) is 9.97 Å². The molecule has 6 heteroatoms. The Bertz CT molecular complexity index is 593. The Kier molecular flexibility index (Phi) is 3.32. The van der Waals surface area contributed by atoms with E-state index in [-0.39, 0.29) is 15.0 Å². The van der Waals surface area contributed by atoms with Gasteiger partial charge in [0.1, 0.15) is 15.1 Å². The van der Waals surface area contributed by atoms with Crippen molar-refractivity contribution in [2.24, 2.45) is 0 Å². The first kappa shape index (κ1) is 11.9. The molecule has 0 fully saturated rings. The topological polar surface area (TPSA) is 75.2 Å². The van der Waals surface area contributed by atoms with Gasteiger partial charge >= 0.3 is 0 Å². The van der Waals surface area contributed by atoms with E-state index < -0.39 is 0 Å². The standard InChI is InChI=1S/C11H9IN2O3/c1-17-7-4-2-6(3-5-7)9-13-10(15)8(12)11(16)14-9/h2-5H,1H3,(H2,13,14,15,16). The molecule has 0 atom stereocenters. The van der Waals surface area contributed by atoms with Crippen molar-refractivity contribution in [1.29, 1.82) is 0 Å². The molecule has 2 aromatic rings. The summed E-state index contributed by atoms with van der Waals surface area (Å²) in [5.74, 6) is 0.779. The zero-order valence-electron chi connectivity index (χ0n) is 8.90. The average Bonchev–Trinajstić information content (AvgIpc) is 2.35. The van der Waals surface area contributed by atoms with Gasteiger partial charge in [0.15, 0.2) is 0 Å². The van der Waals surface area contributed by atoms with Gasteiger partial charge in [-0.25, -0.2) is 0 Å². The van der Waals surface area contributed by atoms with Crippen molar-refractivity contribution < 1.29 is 9.84 Å². The summed E-state index contributed by atoms with van der Waals surface area (Å²) < 4.78 is 5.21. The van der Waals surface area contributed by atoms with Gasteiger partial charge in [0, 0.05) is 5.56 Å². The predicted octanol–water partition coefficient (Wildman–Crippen LogP) is 1.76. The Balaban J connectivity index is 2.49. The monoisotopic (exact) mass is 344 g/mol. The maximum atomic E-state index is 11.5. The van der Waals surface area contributed by atoms with Crippen LogP contribution in [0, 0.1) is 3.57 Å². The van der Waals surface area contributed by atoms with Crippen LogP contribution in [0.15, 0.2) is 29.1 Å². The quantitative estimate of drug-likeness (QED) is 0.814. The number of ether oxygens (including phenoxy) is 1. The molecule has 1 aromatic heterocycles. The lowest BCUT2D eigenvalue weighted by molar-refractivity contribution is 0.415. The minimum atomic E-state index is -0.357. The molecule has 0 aliphatic carbocycles. The molecule has 0 saturated heterocycles. The summed E-state index contributed by atoms with van der Waals surface area (Å²) in [4.78, 5) is 18.0. The number of nitrogens with one attached hydrogen (secondary N) is 1. The van der Waals surface area contributed by atoms with Gasteiger partial charge in [-0.15, -0.1) is 0 Å². The third-order valence-corrected chi connectivity index (χ3v) is 3.18. The van der Waals surface area contributed by atoms with Crippen LogP contribution in [0.25, 0.3) is 11.4 Å². The highest BCUT2D eigenvalue weighted by molar-refractivity contribution is 14.1. The van der Waals surface area contributed by atoms with E-state index in [0.717, 1.165) is 0 Å². The van der Waals surface area contributed by atoms with Crippen molar-refractivity contribution >= 4 is 22.6 Å². The van der Waals surface area contributed by atoms with Crippen molar-refractivity contribution in [2.45, 2.75) is 0 Å². The van der Waals surface area contributed by atoms with Crippen molar-refractivity contribution in [1.82, 2.24) is 9.97 Å². The van der Waals surface area contributed by atoms with Gasteiger partial charge in [0.05, 0.1) is 7.11 Å². The SMILES string of the molecule is COc1ccc(-c2nc(O)c(I)c(=O)[nH]2)cc1. The number of aromatic nitrogens is 2. The summed E-state index contributed by atoms with van der Waals surface area (Å²) in [6.45, 7) is 0. The molecule has 2 N–H and O–H groups in total. The highest BCUT2D eigenvalue weighted by Crippen LogP contribution is 2.21. The number of H-pyrrole nitrogens is 1. The Morgan fingerprint density at radius 2 is 2.00 bits per heavy atom. The molecule has 0 bridgehead atoms. The van der Waals surface area contributed by atoms with E-state index in [4.69, 9.17) is 4.74 Å². The summed E-state index contributed by atoms with van der Waals surface area (Å²) in [5.41, 5.74) is 0.346. The van der Waals surface area contributed by atoms with Gasteiger partial charge in [-0.3, -0.25) is 4.79 Å². The van der Waals surface area contributed by atoms with E-state index in [1.165, 1.54) is 0 Å². The number of hydrogen-bond acceptors (Lipinski definition) is 4. The van der Waals surface area contributed by atoms with Crippen LogP contribution < -0.4 is 10.3 Å². The highest BCUT2D eigenvalue weighted by Gasteiger charge is 2.08. The molecule has 0 spiro atoms. The van der Waals surface area contributed by atoms with Crippen molar-refractivity contribution in [3.63, 3.8) is 0 Å². The molecule has 0 aliphatic rings. The first-order chi connectivity index (χ1) is 8.11. The van der Waals surface area contributed by atoms with Crippen LogP contribution in [0.1, 0.15) is 0 Å². The zero-order valence-corrected chi connectivity index (χ0v) is 11.1. The number of halogens is 1. The second kappa shape index (κ2) is 4.74. The van der Waals surface area contributed by atoms with Gasteiger partial charge in [0.25, 0.3) is 5.56 Å². The van der Waals surface area contributed by atoms with Gasteiger partial charge in [-0.2, -0.15) is 4.98 Å². The number of aromatic amines is 1. The lowest BCUT2D eigenvalue weighted by Gasteiger charge is -2.04. The fourth-order valence-corrected chi connectivity index (χ4v) is 1.59. The molecule has 1 aromatic carbocycles. The lowest BCUT2D eigenvalue weighted by atomic mass is 10.2. The predicted molar refractivity (Wildman–Crippen MR) is 71.2 cm³/mol. The molecule has 17 heavy (non-hydrogen) atoms. The molecule has 0 unspecified atom stereocenters. The summed E-state index contributed by atoms with van der Waals surface area (Å²) in [6.07, 6.45) is 0. The van der Waals surface area contributed by atoms with E-state index >= 15 is 0 Å². The number of hydrogen-bond donors (Lipinski definition) is 2. The average molecular weight is 344 g/mol. The van der Waals surface area contributed by atoms with Crippen LogP contribution >= 0.6 is 22.6 Å². The van der Waals surface area contributed by atoms with Crippen LogP contribution in [0.2, 0.25) is 0 Å². The van der Waals surface area contributed by atoms with Crippen LogP contribution in [-0.4, -0.2) is 22.2 Å². The van der Waals surface area contributed by atoms with Crippen LogP contribution in [0.5, 0.6) is 11.6 Å². The smallest absolute Gasteiger partial charge is 0.268 e. The Morgan fingerprint density at radius 1 is 1.35 bits per heavy atom. The highest BCUT2D eigenvalue weighted by atomic mass is 127. The third kappa shape index (κ3) is 2.41. The fraction of sp³-hybridized carbons (Fsp3) is 0.0909. The summed E-state index contributed by atoms with van der Waals surface area (Å²) in [6, 6.07) is 7.02. The lowest BCUT2D eigenvalue weighted by Crippen LogP contribution is -2.12. The van der Waals surface area contributed by atoms with E-state index in [1.807, 2.05) is 0 Å². The summed E-state index contributed by atoms with van der Waals surface area (Å²) in [5, 5.41) is 9.48. The Labute approximate surface area is 111 Å². The van der Waals surface area contributed by atoms with E-state index in [0.29, 0.717) is 17.1 Å². The second-order valence-electron chi connectivity index (χ2n) is 3.28.